The van der Waals surface area contributed by atoms with Crippen LogP contribution < -0.4 is 0 Å². The highest BCUT2D eigenvalue weighted by Gasteiger charge is 2.22. The molecule has 0 aliphatic rings. The molecule has 0 saturated heterocycles. The van der Waals surface area contributed by atoms with Crippen molar-refractivity contribution in [2.24, 2.45) is 0 Å². The van der Waals surface area contributed by atoms with Crippen molar-refractivity contribution in [2.45, 2.75) is 78.6 Å². The first kappa shape index (κ1) is 22.2. The van der Waals surface area contributed by atoms with E-state index in [1.807, 2.05) is 0 Å². The normalized spacial score (nSPS) is 11.9. The van der Waals surface area contributed by atoms with Crippen molar-refractivity contribution in [1.82, 2.24) is 0 Å². The maximum atomic E-state index is 10.9. The molecule has 0 aromatic rings. The predicted octanol–water partition coefficient (Wildman–Crippen LogP) is 4.08. The maximum Gasteiger partial charge on any atom is 0.254 e. The minimum Gasteiger partial charge on any atom is -0.702 e. The fraction of sp³-hybridized carbons (Fsp3) is 1.00. The Morgan fingerprint density at radius 1 is 0.800 bits per heavy atom. The first-order chi connectivity index (χ1) is 9.22. The van der Waals surface area contributed by atoms with Gasteiger partial charge in [0.2, 0.25) is 0 Å². The van der Waals surface area contributed by atoms with E-state index in [9.17, 15) is 13.0 Å². The van der Waals surface area contributed by atoms with Crippen LogP contribution in [0.1, 0.15) is 78.6 Å². The van der Waals surface area contributed by atoms with E-state index < -0.39 is 14.2 Å². The topological polar surface area (TPSA) is 57.2 Å². The molecule has 0 saturated carbocycles. The van der Waals surface area contributed by atoms with Gasteiger partial charge in [-0.25, -0.2) is 3.89 Å². The Hall–Kier alpha value is -0.130. The van der Waals surface area contributed by atoms with Crippen molar-refractivity contribution in [3.05, 3.63) is 0 Å². The highest BCUT2D eigenvalue weighted by Crippen LogP contribution is 2.12. The van der Waals surface area contributed by atoms with Crippen molar-refractivity contribution < 1.29 is 16.9 Å². The zero-order chi connectivity index (χ0) is 16.1. The maximum absolute atomic E-state index is 10.9. The predicted molar refractivity (Wildman–Crippen MR) is 85.2 cm³/mol. The van der Waals surface area contributed by atoms with E-state index in [4.69, 9.17) is 0 Å². The molecule has 0 N–H and O–H groups in total. The SMILES string of the molecule is CCC.CCCCCCCCCC[N+](C)(C)S(=O)(=O)[O-]. The molecule has 124 valence electrons. The Balaban J connectivity index is 0. The van der Waals surface area contributed by atoms with Crippen molar-refractivity contribution in [1.29, 1.82) is 0 Å². The van der Waals surface area contributed by atoms with Gasteiger partial charge >= 0.3 is 0 Å². The van der Waals surface area contributed by atoms with Gasteiger partial charge in [0.1, 0.15) is 0 Å². The molecular weight excluding hydrogens is 274 g/mol. The minimum absolute atomic E-state index is 0.417. The summed E-state index contributed by atoms with van der Waals surface area (Å²) in [5.41, 5.74) is 0. The molecule has 0 atom stereocenters. The molecule has 0 heterocycles. The largest absolute Gasteiger partial charge is 0.702 e. The number of quaternary nitrogens is 1. The molecule has 0 bridgehead atoms. The Labute approximate surface area is 127 Å². The average Bonchev–Trinajstić information content (AvgIpc) is 2.32. The Kier molecular flexibility index (Phi) is 14.0. The lowest BCUT2D eigenvalue weighted by molar-refractivity contribution is -0.768. The van der Waals surface area contributed by atoms with Crippen LogP contribution in [0, 0.1) is 0 Å². The van der Waals surface area contributed by atoms with Crippen molar-refractivity contribution in [2.75, 3.05) is 20.6 Å². The number of rotatable bonds is 10. The van der Waals surface area contributed by atoms with Crippen molar-refractivity contribution in [3.8, 4) is 0 Å². The zero-order valence-corrected chi connectivity index (χ0v) is 15.0. The molecule has 0 aliphatic carbocycles. The lowest BCUT2D eigenvalue weighted by Crippen LogP contribution is -2.45. The van der Waals surface area contributed by atoms with Gasteiger partial charge in [0.25, 0.3) is 10.3 Å². The van der Waals surface area contributed by atoms with Gasteiger partial charge in [0, 0.05) is 0 Å². The lowest BCUT2D eigenvalue weighted by atomic mass is 10.1. The second-order valence-corrected chi connectivity index (χ2v) is 7.75. The molecule has 5 heteroatoms. The van der Waals surface area contributed by atoms with E-state index in [0.29, 0.717) is 6.54 Å². The van der Waals surface area contributed by atoms with Crippen LogP contribution in [0.3, 0.4) is 0 Å². The first-order valence-corrected chi connectivity index (χ1v) is 9.38. The van der Waals surface area contributed by atoms with Crippen LogP contribution in [0.2, 0.25) is 0 Å². The molecule has 20 heavy (non-hydrogen) atoms. The first-order valence-electron chi connectivity index (χ1n) is 8.01. The number of nitrogens with zero attached hydrogens (tertiary/aromatic N) is 1. The van der Waals surface area contributed by atoms with E-state index in [2.05, 4.69) is 20.8 Å². The van der Waals surface area contributed by atoms with E-state index in [0.717, 1.165) is 19.3 Å². The summed E-state index contributed by atoms with van der Waals surface area (Å²) >= 11 is 0. The van der Waals surface area contributed by atoms with Gasteiger partial charge in [-0.3, -0.25) is 0 Å². The summed E-state index contributed by atoms with van der Waals surface area (Å²) in [6.45, 7) is 6.87. The molecule has 0 spiro atoms. The minimum atomic E-state index is -4.22. The Bertz CT molecular complexity index is 300. The van der Waals surface area contributed by atoms with Crippen LogP contribution in [0.4, 0.5) is 0 Å². The van der Waals surface area contributed by atoms with Gasteiger partial charge in [-0.15, -0.1) is 0 Å². The van der Waals surface area contributed by atoms with Crippen molar-refractivity contribution in [3.63, 3.8) is 0 Å². The zero-order valence-electron chi connectivity index (χ0n) is 14.2. The molecule has 0 aromatic carbocycles. The van der Waals surface area contributed by atoms with E-state index in [1.54, 1.807) is 0 Å². The van der Waals surface area contributed by atoms with E-state index in [-0.39, 0.29) is 0 Å². The summed E-state index contributed by atoms with van der Waals surface area (Å²) < 4.78 is 32.3. The highest BCUT2D eigenvalue weighted by atomic mass is 32.2. The monoisotopic (exact) mass is 309 g/mol. The van der Waals surface area contributed by atoms with Gasteiger partial charge < -0.3 is 4.55 Å². The fourth-order valence-corrected chi connectivity index (χ4v) is 2.09. The second-order valence-electron chi connectivity index (χ2n) is 5.91. The van der Waals surface area contributed by atoms with Gasteiger partial charge in [-0.2, -0.15) is 8.42 Å². The van der Waals surface area contributed by atoms with Crippen molar-refractivity contribution >= 4 is 10.3 Å². The quantitative estimate of drug-likeness (QED) is 0.347. The third kappa shape index (κ3) is 12.9. The summed E-state index contributed by atoms with van der Waals surface area (Å²) in [6.07, 6.45) is 10.6. The van der Waals surface area contributed by atoms with Crippen LogP contribution in [0.25, 0.3) is 0 Å². The van der Waals surface area contributed by atoms with E-state index in [1.165, 1.54) is 52.6 Å². The summed E-state index contributed by atoms with van der Waals surface area (Å²) in [5.74, 6) is 0. The Morgan fingerprint density at radius 3 is 1.50 bits per heavy atom. The van der Waals surface area contributed by atoms with Crippen LogP contribution in [0.5, 0.6) is 0 Å². The Morgan fingerprint density at radius 2 is 1.15 bits per heavy atom. The number of hydrogen-bond acceptors (Lipinski definition) is 3. The molecule has 0 rings (SSSR count). The molecular formula is C15H35NO3S. The summed E-state index contributed by atoms with van der Waals surface area (Å²) in [4.78, 5) is 0. The van der Waals surface area contributed by atoms with Gasteiger partial charge in [-0.05, 0) is 12.8 Å². The third-order valence-corrected chi connectivity index (χ3v) is 4.55. The molecule has 0 radical (unpaired) electrons. The second kappa shape index (κ2) is 12.6. The molecule has 0 aromatic heterocycles. The van der Waals surface area contributed by atoms with Gasteiger partial charge in [-0.1, -0.05) is 65.7 Å². The lowest BCUT2D eigenvalue weighted by Gasteiger charge is -2.30. The van der Waals surface area contributed by atoms with Gasteiger partial charge in [0.15, 0.2) is 0 Å². The number of unbranched alkanes of at least 4 members (excludes halogenated alkanes) is 7. The third-order valence-electron chi connectivity index (χ3n) is 3.16. The molecule has 0 unspecified atom stereocenters. The van der Waals surface area contributed by atoms with Crippen LogP contribution >= 0.6 is 0 Å². The van der Waals surface area contributed by atoms with E-state index >= 15 is 0 Å². The molecule has 0 amide bonds. The summed E-state index contributed by atoms with van der Waals surface area (Å²) in [6, 6.07) is 0. The van der Waals surface area contributed by atoms with Crippen LogP contribution in [-0.4, -0.2) is 37.5 Å². The number of hydrogen-bond donors (Lipinski definition) is 0. The highest BCUT2D eigenvalue weighted by molar-refractivity contribution is 7.79. The summed E-state index contributed by atoms with van der Waals surface area (Å²) in [5, 5.41) is 0. The van der Waals surface area contributed by atoms with Crippen LogP contribution in [-0.2, 0) is 10.3 Å². The smallest absolute Gasteiger partial charge is 0.254 e. The average molecular weight is 310 g/mol. The molecule has 4 nitrogen and oxygen atoms in total. The van der Waals surface area contributed by atoms with Crippen LogP contribution in [0.15, 0.2) is 0 Å². The molecule has 0 aliphatic heterocycles. The summed E-state index contributed by atoms with van der Waals surface area (Å²) in [7, 11) is -1.30. The standard InChI is InChI=1S/C12H27NO3S.C3H8/c1-4-5-6-7-8-9-10-11-12-13(2,3)17(14,15)16;1-3-2/h4-12H2,1-3H3;3H2,1-2H3. The fourth-order valence-electron chi connectivity index (χ4n) is 1.74. The van der Waals surface area contributed by atoms with Gasteiger partial charge in [0.05, 0.1) is 20.6 Å². The molecule has 0 fully saturated rings.